The second kappa shape index (κ2) is 6.86. The first-order chi connectivity index (χ1) is 10.8. The molecule has 1 aromatic carbocycles. The van der Waals surface area contributed by atoms with Gasteiger partial charge in [0.25, 0.3) is 10.1 Å². The van der Waals surface area contributed by atoms with Crippen LogP contribution in [0.4, 0.5) is 4.79 Å². The van der Waals surface area contributed by atoms with Crippen molar-refractivity contribution in [2.24, 2.45) is 0 Å². The second-order valence-corrected chi connectivity index (χ2v) is 6.77. The van der Waals surface area contributed by atoms with Crippen LogP contribution in [-0.2, 0) is 14.3 Å². The molecule has 2 aromatic rings. The van der Waals surface area contributed by atoms with E-state index >= 15 is 0 Å². The minimum absolute atomic E-state index is 0.118. The number of aryl methyl sites for hydroxylation is 1. The van der Waals surface area contributed by atoms with Crippen LogP contribution in [0.25, 0.3) is 10.9 Å². The molecule has 0 unspecified atom stereocenters. The van der Waals surface area contributed by atoms with Crippen molar-refractivity contribution in [1.29, 1.82) is 0 Å². The molecular formula is C16H17NO5S. The summed E-state index contributed by atoms with van der Waals surface area (Å²) in [6.07, 6.45) is 2.61. The van der Waals surface area contributed by atoms with E-state index in [1.165, 1.54) is 4.57 Å². The number of nitrogens with zero attached hydrogens (tertiary/aromatic N) is 1. The van der Waals surface area contributed by atoms with Crippen molar-refractivity contribution in [2.75, 3.05) is 12.9 Å². The molecule has 0 saturated carbocycles. The van der Waals surface area contributed by atoms with E-state index in [4.69, 9.17) is 5.11 Å². The lowest BCUT2D eigenvalue weighted by Gasteiger charge is -1.98. The average molecular weight is 335 g/mol. The minimum atomic E-state index is -3.40. The van der Waals surface area contributed by atoms with Gasteiger partial charge in [-0.2, -0.15) is 8.42 Å². The number of aromatic nitrogens is 1. The fourth-order valence-corrected chi connectivity index (χ4v) is 2.59. The summed E-state index contributed by atoms with van der Waals surface area (Å²) in [5.41, 5.74) is 2.28. The molecule has 0 fully saturated rings. The molecule has 0 aliphatic carbocycles. The number of rotatable bonds is 4. The Bertz CT molecular complexity index is 900. The molecule has 6 nitrogen and oxygen atoms in total. The van der Waals surface area contributed by atoms with E-state index in [2.05, 4.69) is 16.0 Å². The summed E-state index contributed by atoms with van der Waals surface area (Å²) in [7, 11) is -3.40. The maximum absolute atomic E-state index is 11.1. The highest BCUT2D eigenvalue weighted by Gasteiger charge is 2.10. The fourth-order valence-electron chi connectivity index (χ4n) is 2.17. The van der Waals surface area contributed by atoms with Crippen molar-refractivity contribution in [2.45, 2.75) is 19.8 Å². The third kappa shape index (κ3) is 4.58. The predicted octanol–water partition coefficient (Wildman–Crippen LogP) is 2.58. The summed E-state index contributed by atoms with van der Waals surface area (Å²) in [4.78, 5) is 11.1. The van der Waals surface area contributed by atoms with Crippen LogP contribution in [0.15, 0.2) is 24.4 Å². The summed E-state index contributed by atoms with van der Waals surface area (Å²) in [5.74, 6) is 5.94. The molecule has 0 amide bonds. The highest BCUT2D eigenvalue weighted by Crippen LogP contribution is 2.21. The second-order valence-electron chi connectivity index (χ2n) is 5.13. The van der Waals surface area contributed by atoms with Gasteiger partial charge in [0.15, 0.2) is 0 Å². The highest BCUT2D eigenvalue weighted by atomic mass is 32.2. The zero-order valence-electron chi connectivity index (χ0n) is 12.9. The molecule has 0 aliphatic rings. The molecular weight excluding hydrogens is 318 g/mol. The Morgan fingerprint density at radius 1 is 1.39 bits per heavy atom. The van der Waals surface area contributed by atoms with Crippen molar-refractivity contribution < 1.29 is 22.5 Å². The van der Waals surface area contributed by atoms with Gasteiger partial charge in [-0.05, 0) is 37.1 Å². The molecule has 1 aromatic heterocycles. The third-order valence-corrected chi connectivity index (χ3v) is 3.78. The number of hydrogen-bond acceptors (Lipinski definition) is 4. The lowest BCUT2D eigenvalue weighted by atomic mass is 10.1. The van der Waals surface area contributed by atoms with Gasteiger partial charge in [0.2, 0.25) is 0 Å². The number of unbranched alkanes of at least 4 members (excludes halogenated alkanes) is 1. The van der Waals surface area contributed by atoms with Gasteiger partial charge in [-0.3, -0.25) is 8.75 Å². The van der Waals surface area contributed by atoms with Crippen molar-refractivity contribution in [3.63, 3.8) is 0 Å². The maximum Gasteiger partial charge on any atom is 0.416 e. The van der Waals surface area contributed by atoms with Gasteiger partial charge in [-0.15, -0.1) is 0 Å². The fraction of sp³-hybridized carbons (Fsp3) is 0.312. The van der Waals surface area contributed by atoms with E-state index < -0.39 is 16.2 Å². The molecule has 7 heteroatoms. The standard InChI is InChI=1S/C16H17NO5S/c1-12-11-17(16(18)19)15-8-7-13(10-14(12)15)6-4-3-5-9-22-23(2,20)21/h7-8,10-11H,3,5,9H2,1-2H3,(H,18,19). The van der Waals surface area contributed by atoms with Gasteiger partial charge in [-0.1, -0.05) is 11.8 Å². The van der Waals surface area contributed by atoms with Gasteiger partial charge >= 0.3 is 6.09 Å². The van der Waals surface area contributed by atoms with Crippen LogP contribution in [0.3, 0.4) is 0 Å². The van der Waals surface area contributed by atoms with Crippen LogP contribution in [0.1, 0.15) is 24.0 Å². The molecule has 0 aliphatic heterocycles. The summed E-state index contributed by atoms with van der Waals surface area (Å²) < 4.78 is 27.4. The Balaban J connectivity index is 2.06. The van der Waals surface area contributed by atoms with Gasteiger partial charge in [0, 0.05) is 23.6 Å². The monoisotopic (exact) mass is 335 g/mol. The average Bonchev–Trinajstić information content (AvgIpc) is 2.79. The van der Waals surface area contributed by atoms with Crippen molar-refractivity contribution >= 4 is 27.1 Å². The Kier molecular flexibility index (Phi) is 5.08. The molecule has 1 N–H and O–H groups in total. The molecule has 2 rings (SSSR count). The van der Waals surface area contributed by atoms with E-state index in [-0.39, 0.29) is 6.61 Å². The van der Waals surface area contributed by atoms with Gasteiger partial charge in [-0.25, -0.2) is 4.79 Å². The lowest BCUT2D eigenvalue weighted by Crippen LogP contribution is -2.05. The van der Waals surface area contributed by atoms with E-state index in [9.17, 15) is 13.2 Å². The first kappa shape index (κ1) is 17.1. The van der Waals surface area contributed by atoms with Crippen molar-refractivity contribution in [1.82, 2.24) is 4.57 Å². The number of carboxylic acid groups (broad SMARTS) is 1. The molecule has 23 heavy (non-hydrogen) atoms. The smallest absolute Gasteiger partial charge is 0.416 e. The van der Waals surface area contributed by atoms with E-state index in [1.807, 2.05) is 13.0 Å². The Morgan fingerprint density at radius 2 is 2.13 bits per heavy atom. The number of hydrogen-bond donors (Lipinski definition) is 1. The van der Waals surface area contributed by atoms with Crippen LogP contribution in [0, 0.1) is 18.8 Å². The first-order valence-corrected chi connectivity index (χ1v) is 8.78. The van der Waals surface area contributed by atoms with Gasteiger partial charge in [0.05, 0.1) is 18.4 Å². The Labute approximate surface area is 134 Å². The molecule has 0 saturated heterocycles. The van der Waals surface area contributed by atoms with Crippen molar-refractivity contribution in [3.05, 3.63) is 35.5 Å². The topological polar surface area (TPSA) is 85.6 Å². The molecule has 0 bridgehead atoms. The summed E-state index contributed by atoms with van der Waals surface area (Å²) in [6.45, 7) is 1.97. The quantitative estimate of drug-likeness (QED) is 0.527. The molecule has 1 heterocycles. The predicted molar refractivity (Wildman–Crippen MR) is 87.0 cm³/mol. The van der Waals surface area contributed by atoms with Gasteiger partial charge in [0.1, 0.15) is 0 Å². The Hall–Kier alpha value is -2.30. The zero-order chi connectivity index (χ0) is 17.0. The van der Waals surface area contributed by atoms with Crippen LogP contribution in [0.2, 0.25) is 0 Å². The Morgan fingerprint density at radius 3 is 2.78 bits per heavy atom. The van der Waals surface area contributed by atoms with Crippen LogP contribution in [0.5, 0.6) is 0 Å². The number of carbonyl (C=O) groups is 1. The molecule has 0 atom stereocenters. The summed E-state index contributed by atoms with van der Waals surface area (Å²) >= 11 is 0. The van der Waals surface area contributed by atoms with Crippen LogP contribution in [-0.4, -0.2) is 37.0 Å². The van der Waals surface area contributed by atoms with Gasteiger partial charge < -0.3 is 5.11 Å². The number of benzene rings is 1. The SMILES string of the molecule is Cc1cn(C(=O)O)c2ccc(C#CCCCOS(C)(=O)=O)cc12. The highest BCUT2D eigenvalue weighted by molar-refractivity contribution is 7.85. The largest absolute Gasteiger partial charge is 0.464 e. The maximum atomic E-state index is 11.1. The summed E-state index contributed by atoms with van der Waals surface area (Å²) in [5, 5.41) is 9.97. The third-order valence-electron chi connectivity index (χ3n) is 3.19. The molecule has 0 spiro atoms. The minimum Gasteiger partial charge on any atom is -0.464 e. The lowest BCUT2D eigenvalue weighted by molar-refractivity contribution is 0.197. The number of fused-ring (bicyclic) bond motifs is 1. The van der Waals surface area contributed by atoms with E-state index in [1.54, 1.807) is 18.3 Å². The van der Waals surface area contributed by atoms with E-state index in [0.29, 0.717) is 18.4 Å². The van der Waals surface area contributed by atoms with Crippen LogP contribution >= 0.6 is 0 Å². The molecule has 0 radical (unpaired) electrons. The summed E-state index contributed by atoms with van der Waals surface area (Å²) in [6, 6.07) is 5.35. The first-order valence-electron chi connectivity index (χ1n) is 6.96. The van der Waals surface area contributed by atoms with E-state index in [0.717, 1.165) is 22.8 Å². The normalized spacial score (nSPS) is 11.2. The van der Waals surface area contributed by atoms with Crippen molar-refractivity contribution in [3.8, 4) is 11.8 Å². The van der Waals surface area contributed by atoms with Crippen LogP contribution < -0.4 is 0 Å². The molecule has 122 valence electrons. The zero-order valence-corrected chi connectivity index (χ0v) is 13.7.